The van der Waals surface area contributed by atoms with Crippen molar-refractivity contribution in [3.8, 4) is 5.75 Å². The van der Waals surface area contributed by atoms with Gasteiger partial charge in [-0.15, -0.1) is 11.6 Å². The first-order chi connectivity index (χ1) is 23.6. The zero-order chi connectivity index (χ0) is 34.5. The smallest absolute Gasteiger partial charge is 0.229 e. The van der Waals surface area contributed by atoms with Crippen molar-refractivity contribution in [1.82, 2.24) is 29.7 Å². The SMILES string of the molecule is CCc1cc(Nc2ncc(Br)c(Nc3ccc4nccnc4c3NS(C)(=O)=O)n2)c(OC)cc1N1CCC(N2CCN(CCCl)CC2)CC1. The first-order valence-corrected chi connectivity index (χ1v) is 19.6. The van der Waals surface area contributed by atoms with Crippen LogP contribution in [0.15, 0.2) is 47.3 Å². The van der Waals surface area contributed by atoms with Crippen LogP contribution < -0.4 is 25.0 Å². The van der Waals surface area contributed by atoms with Crippen LogP contribution in [0.25, 0.3) is 11.0 Å². The second kappa shape index (κ2) is 15.6. The van der Waals surface area contributed by atoms with E-state index in [0.29, 0.717) is 50.6 Å². The van der Waals surface area contributed by atoms with Gasteiger partial charge in [-0.05, 0) is 59.0 Å². The minimum absolute atomic E-state index is 0.270. The number of alkyl halides is 1. The molecule has 16 heteroatoms. The molecule has 2 saturated heterocycles. The third-order valence-corrected chi connectivity index (χ3v) is 10.4. The Bertz CT molecular complexity index is 1890. The highest BCUT2D eigenvalue weighted by atomic mass is 79.9. The Labute approximate surface area is 301 Å². The summed E-state index contributed by atoms with van der Waals surface area (Å²) in [5.74, 6) is 2.15. The van der Waals surface area contributed by atoms with Crippen LogP contribution in [-0.2, 0) is 16.4 Å². The van der Waals surface area contributed by atoms with Gasteiger partial charge in [0, 0.05) is 88.1 Å². The molecule has 0 radical (unpaired) electrons. The number of aryl methyl sites for hydroxylation is 1. The van der Waals surface area contributed by atoms with Gasteiger partial charge in [-0.3, -0.25) is 24.5 Å². The molecular weight excluding hydrogens is 732 g/mol. The number of halogens is 2. The Hall–Kier alpha value is -3.50. The third-order valence-electron chi connectivity index (χ3n) is 9.08. The number of hydrogen-bond acceptors (Lipinski definition) is 12. The molecule has 2 aliphatic heterocycles. The van der Waals surface area contributed by atoms with E-state index in [1.807, 2.05) is 0 Å². The van der Waals surface area contributed by atoms with Crippen LogP contribution in [-0.4, -0.2) is 109 Å². The maximum atomic E-state index is 12.3. The van der Waals surface area contributed by atoms with Crippen LogP contribution in [0, 0.1) is 0 Å². The van der Waals surface area contributed by atoms with Crippen LogP contribution in [0.2, 0.25) is 0 Å². The van der Waals surface area contributed by atoms with Crippen molar-refractivity contribution in [1.29, 1.82) is 0 Å². The van der Waals surface area contributed by atoms with Gasteiger partial charge in [0.05, 0.1) is 40.4 Å². The zero-order valence-electron chi connectivity index (χ0n) is 27.9. The van der Waals surface area contributed by atoms with E-state index in [2.05, 4.69) is 80.0 Å². The third kappa shape index (κ3) is 8.46. The van der Waals surface area contributed by atoms with Crippen LogP contribution in [0.3, 0.4) is 0 Å². The summed E-state index contributed by atoms with van der Waals surface area (Å²) in [5, 5.41) is 6.59. The number of ether oxygens (including phenoxy) is 1. The van der Waals surface area contributed by atoms with Crippen molar-refractivity contribution in [3.05, 3.63) is 52.9 Å². The molecule has 2 aliphatic rings. The molecule has 0 saturated carbocycles. The van der Waals surface area contributed by atoms with E-state index in [-0.39, 0.29) is 5.69 Å². The molecule has 0 atom stereocenters. The molecule has 0 aliphatic carbocycles. The van der Waals surface area contributed by atoms with Crippen LogP contribution >= 0.6 is 27.5 Å². The fraction of sp³-hybridized carbons (Fsp3) is 0.455. The van der Waals surface area contributed by atoms with E-state index in [1.165, 1.54) is 17.4 Å². The predicted octanol–water partition coefficient (Wildman–Crippen LogP) is 5.44. The Morgan fingerprint density at radius 3 is 2.45 bits per heavy atom. The van der Waals surface area contributed by atoms with Gasteiger partial charge < -0.3 is 20.3 Å². The maximum absolute atomic E-state index is 12.3. The lowest BCUT2D eigenvalue weighted by Gasteiger charge is -2.43. The van der Waals surface area contributed by atoms with Crippen LogP contribution in [0.5, 0.6) is 5.75 Å². The number of nitrogens with one attached hydrogen (secondary N) is 3. The van der Waals surface area contributed by atoms with Crippen molar-refractivity contribution in [3.63, 3.8) is 0 Å². The molecule has 3 N–H and O–H groups in total. The highest BCUT2D eigenvalue weighted by molar-refractivity contribution is 9.10. The number of methoxy groups -OCH3 is 1. The summed E-state index contributed by atoms with van der Waals surface area (Å²) in [7, 11) is -1.95. The summed E-state index contributed by atoms with van der Waals surface area (Å²) in [6.45, 7) is 9.54. The summed E-state index contributed by atoms with van der Waals surface area (Å²) >= 11 is 9.49. The number of piperidine rings is 1. The minimum Gasteiger partial charge on any atom is -0.494 e. The highest BCUT2D eigenvalue weighted by Gasteiger charge is 2.28. The first-order valence-electron chi connectivity index (χ1n) is 16.4. The minimum atomic E-state index is -3.62. The quantitative estimate of drug-likeness (QED) is 0.158. The Morgan fingerprint density at radius 1 is 1.00 bits per heavy atom. The van der Waals surface area contributed by atoms with Crippen molar-refractivity contribution in [2.75, 3.05) is 85.3 Å². The lowest BCUT2D eigenvalue weighted by atomic mass is 9.99. The standard InChI is InChI=1S/C33H42BrClN10O3S/c1-4-22-19-27(29(48-2)20-28(22)45-12-7-23(8-13-45)44-17-15-43(14-9-35)16-18-44)40-33-38-21-24(34)32(41-33)39-26-6-5-25-30(37-11-10-36-25)31(26)42-49(3,46)47/h5-6,10-11,19-21,23,42H,4,7-9,12-18H2,1-3H3,(H2,38,39,40,41). The average molecular weight is 774 g/mol. The Morgan fingerprint density at radius 2 is 1.76 bits per heavy atom. The first kappa shape index (κ1) is 35.3. The molecule has 6 rings (SSSR count). The van der Waals surface area contributed by atoms with Crippen molar-refractivity contribution in [2.24, 2.45) is 0 Å². The number of anilines is 6. The molecule has 49 heavy (non-hydrogen) atoms. The van der Waals surface area contributed by atoms with Gasteiger partial charge in [0.15, 0.2) is 0 Å². The summed E-state index contributed by atoms with van der Waals surface area (Å²) in [6, 6.07) is 8.33. The number of piperazine rings is 1. The van der Waals surface area contributed by atoms with Crippen LogP contribution in [0.4, 0.5) is 34.5 Å². The molecule has 4 heterocycles. The topological polar surface area (TPSA) is 141 Å². The Balaban J connectivity index is 1.19. The average Bonchev–Trinajstić information content (AvgIpc) is 3.10. The molecule has 0 spiro atoms. The van der Waals surface area contributed by atoms with Crippen molar-refractivity contribution < 1.29 is 13.2 Å². The number of sulfonamides is 1. The maximum Gasteiger partial charge on any atom is 0.229 e. The van der Waals surface area contributed by atoms with Gasteiger partial charge >= 0.3 is 0 Å². The van der Waals surface area contributed by atoms with Gasteiger partial charge in [-0.25, -0.2) is 13.4 Å². The highest BCUT2D eigenvalue weighted by Crippen LogP contribution is 2.38. The van der Waals surface area contributed by atoms with Gasteiger partial charge in [0.25, 0.3) is 0 Å². The molecule has 0 unspecified atom stereocenters. The van der Waals surface area contributed by atoms with Crippen molar-refractivity contribution >= 4 is 83.1 Å². The summed E-state index contributed by atoms with van der Waals surface area (Å²) in [5.41, 5.74) is 4.83. The number of nitrogens with zero attached hydrogens (tertiary/aromatic N) is 7. The lowest BCUT2D eigenvalue weighted by Crippen LogP contribution is -2.53. The molecule has 2 aromatic heterocycles. The number of benzene rings is 2. The molecule has 4 aromatic rings. The Kier molecular flexibility index (Phi) is 11.2. The van der Waals surface area contributed by atoms with E-state index < -0.39 is 10.0 Å². The molecule has 13 nitrogen and oxygen atoms in total. The van der Waals surface area contributed by atoms with E-state index in [9.17, 15) is 8.42 Å². The fourth-order valence-corrected chi connectivity index (χ4v) is 7.70. The monoisotopic (exact) mass is 772 g/mol. The number of fused-ring (bicyclic) bond motifs is 1. The number of aromatic nitrogens is 4. The summed E-state index contributed by atoms with van der Waals surface area (Å²) in [6.07, 6.45) is 8.91. The number of rotatable bonds is 12. The van der Waals surface area contributed by atoms with Gasteiger partial charge in [0.2, 0.25) is 16.0 Å². The lowest BCUT2D eigenvalue weighted by molar-refractivity contribution is 0.0882. The van der Waals surface area contributed by atoms with E-state index >= 15 is 0 Å². The normalized spacial score (nSPS) is 16.6. The molecule has 0 bridgehead atoms. The second-order valence-corrected chi connectivity index (χ2v) is 15.2. The van der Waals surface area contributed by atoms with Crippen LogP contribution in [0.1, 0.15) is 25.3 Å². The van der Waals surface area contributed by atoms with Gasteiger partial charge in [-0.1, -0.05) is 6.92 Å². The molecule has 2 fully saturated rings. The van der Waals surface area contributed by atoms with E-state index in [0.717, 1.165) is 77.0 Å². The molecule has 262 valence electrons. The molecule has 2 aromatic carbocycles. The second-order valence-electron chi connectivity index (χ2n) is 12.2. The predicted molar refractivity (Wildman–Crippen MR) is 201 cm³/mol. The largest absolute Gasteiger partial charge is 0.494 e. The van der Waals surface area contributed by atoms with Gasteiger partial charge in [-0.2, -0.15) is 4.98 Å². The zero-order valence-corrected chi connectivity index (χ0v) is 31.1. The van der Waals surface area contributed by atoms with E-state index in [1.54, 1.807) is 31.6 Å². The van der Waals surface area contributed by atoms with Gasteiger partial charge in [0.1, 0.15) is 17.1 Å². The summed E-state index contributed by atoms with van der Waals surface area (Å²) < 4.78 is 33.6. The summed E-state index contributed by atoms with van der Waals surface area (Å²) in [4.78, 5) is 25.5. The van der Waals surface area contributed by atoms with E-state index in [4.69, 9.17) is 21.3 Å². The van der Waals surface area contributed by atoms with Crippen molar-refractivity contribution in [2.45, 2.75) is 32.2 Å². The number of hydrogen-bond donors (Lipinski definition) is 3. The molecule has 0 amide bonds. The molecular formula is C33H42BrClN10O3S. The fourth-order valence-electron chi connectivity index (χ4n) is 6.59.